The molecule has 2 aromatic heterocycles. The Bertz CT molecular complexity index is 690. The lowest BCUT2D eigenvalue weighted by molar-refractivity contribution is -0.145. The molecule has 0 spiro atoms. The van der Waals surface area contributed by atoms with Gasteiger partial charge in [0.05, 0.1) is 9.75 Å². The molecule has 6 heteroatoms. The molecule has 0 saturated heterocycles. The summed E-state index contributed by atoms with van der Waals surface area (Å²) in [5.74, 6) is -0.634. The summed E-state index contributed by atoms with van der Waals surface area (Å²) < 4.78 is 5.09. The first-order valence-corrected chi connectivity index (χ1v) is 7.66. The molecule has 3 rings (SSSR count). The van der Waals surface area contributed by atoms with E-state index in [0.717, 1.165) is 0 Å². The third kappa shape index (κ3) is 1.92. The molecule has 0 unspecified atom stereocenters. The van der Waals surface area contributed by atoms with E-state index in [2.05, 4.69) is 0 Å². The van der Waals surface area contributed by atoms with E-state index in [9.17, 15) is 14.4 Å². The number of carbonyl (C=O) groups excluding carboxylic acids is 3. The number of hydrogen-bond acceptors (Lipinski definition) is 6. The molecule has 1 aliphatic carbocycles. The number of carbonyl (C=O) groups is 3. The van der Waals surface area contributed by atoms with Gasteiger partial charge in [0.2, 0.25) is 5.78 Å². The van der Waals surface area contributed by atoms with Crippen molar-refractivity contribution in [2.75, 3.05) is 0 Å². The first-order valence-electron chi connectivity index (χ1n) is 5.97. The van der Waals surface area contributed by atoms with Gasteiger partial charge in [0.15, 0.2) is 5.78 Å². The fraction of sp³-hybridized carbons (Fsp3) is 0.214. The predicted molar refractivity (Wildman–Crippen MR) is 75.7 cm³/mol. The number of esters is 1. The Labute approximate surface area is 123 Å². The maximum absolute atomic E-state index is 12.3. The van der Waals surface area contributed by atoms with Crippen LogP contribution in [0.25, 0.3) is 0 Å². The largest absolute Gasteiger partial charge is 0.457 e. The molecule has 0 N–H and O–H groups in total. The lowest BCUT2D eigenvalue weighted by Crippen LogP contribution is -2.15. The fourth-order valence-corrected chi connectivity index (χ4v) is 4.15. The molecule has 0 radical (unpaired) electrons. The lowest BCUT2D eigenvalue weighted by atomic mass is 9.95. The summed E-state index contributed by atoms with van der Waals surface area (Å²) in [5.41, 5.74) is 0.886. The zero-order chi connectivity index (χ0) is 14.4. The second-order valence-electron chi connectivity index (χ2n) is 4.46. The molecular weight excluding hydrogens is 296 g/mol. The van der Waals surface area contributed by atoms with Gasteiger partial charge in [-0.05, 0) is 24.4 Å². The number of ketones is 2. The molecule has 1 aliphatic rings. The molecule has 0 bridgehead atoms. The van der Waals surface area contributed by atoms with Gasteiger partial charge in [0.25, 0.3) is 0 Å². The molecule has 102 valence electrons. The van der Waals surface area contributed by atoms with Crippen molar-refractivity contribution in [3.8, 4) is 0 Å². The molecule has 0 saturated carbocycles. The highest BCUT2D eigenvalue weighted by Crippen LogP contribution is 2.38. The van der Waals surface area contributed by atoms with E-state index in [1.54, 1.807) is 24.4 Å². The van der Waals surface area contributed by atoms with Crippen molar-refractivity contribution >= 4 is 40.2 Å². The van der Waals surface area contributed by atoms with Crippen LogP contribution in [0.3, 0.4) is 0 Å². The smallest absolute Gasteiger partial charge is 0.303 e. The summed E-state index contributed by atoms with van der Waals surface area (Å²) in [5, 5.41) is 1.75. The van der Waals surface area contributed by atoms with Gasteiger partial charge in [0.1, 0.15) is 6.10 Å². The van der Waals surface area contributed by atoms with E-state index in [-0.39, 0.29) is 17.5 Å². The third-order valence-electron chi connectivity index (χ3n) is 3.06. The van der Waals surface area contributed by atoms with Crippen molar-refractivity contribution in [3.05, 3.63) is 43.3 Å². The molecule has 4 nitrogen and oxygen atoms in total. The number of fused-ring (bicyclic) bond motifs is 2. The van der Waals surface area contributed by atoms with Gasteiger partial charge in [-0.2, -0.15) is 0 Å². The number of ether oxygens (including phenoxy) is 1. The van der Waals surface area contributed by atoms with Crippen molar-refractivity contribution < 1.29 is 19.1 Å². The standard InChI is InChI=1S/C14H10O4S2/c1-6(18-7(2)15)10-5-9-11(16)8-3-4-19-13(8)12(17)14(9)20-10/h3-6H,1-2H3/t6-/m1/s1. The van der Waals surface area contributed by atoms with Crippen LogP contribution in [0.2, 0.25) is 0 Å². The number of rotatable bonds is 2. The van der Waals surface area contributed by atoms with E-state index < -0.39 is 6.10 Å². The average Bonchev–Trinajstić information content (AvgIpc) is 3.02. The second-order valence-corrected chi connectivity index (χ2v) is 6.46. The Hall–Kier alpha value is -1.79. The van der Waals surface area contributed by atoms with Crippen LogP contribution in [0.5, 0.6) is 0 Å². The summed E-state index contributed by atoms with van der Waals surface area (Å²) in [6, 6.07) is 3.34. The highest BCUT2D eigenvalue weighted by Gasteiger charge is 2.33. The van der Waals surface area contributed by atoms with E-state index in [0.29, 0.717) is 25.8 Å². The summed E-state index contributed by atoms with van der Waals surface area (Å²) in [6.45, 7) is 3.06. The highest BCUT2D eigenvalue weighted by atomic mass is 32.1. The summed E-state index contributed by atoms with van der Waals surface area (Å²) >= 11 is 2.50. The van der Waals surface area contributed by atoms with Crippen molar-refractivity contribution in [3.63, 3.8) is 0 Å². The average molecular weight is 306 g/mol. The van der Waals surface area contributed by atoms with Crippen LogP contribution in [0.1, 0.15) is 55.3 Å². The van der Waals surface area contributed by atoms with Crippen LogP contribution in [0.4, 0.5) is 0 Å². The van der Waals surface area contributed by atoms with Crippen LogP contribution < -0.4 is 0 Å². The van der Waals surface area contributed by atoms with Crippen molar-refractivity contribution in [2.45, 2.75) is 20.0 Å². The number of hydrogen-bond donors (Lipinski definition) is 0. The fourth-order valence-electron chi connectivity index (χ4n) is 2.17. The second kappa shape index (κ2) is 4.64. The molecule has 0 fully saturated rings. The van der Waals surface area contributed by atoms with E-state index >= 15 is 0 Å². The Morgan fingerprint density at radius 3 is 2.65 bits per heavy atom. The third-order valence-corrected chi connectivity index (χ3v) is 5.27. The topological polar surface area (TPSA) is 60.4 Å². The van der Waals surface area contributed by atoms with Crippen molar-refractivity contribution in [1.29, 1.82) is 0 Å². The molecule has 20 heavy (non-hydrogen) atoms. The SMILES string of the molecule is CC(=O)O[C@H](C)c1cc2c(s1)C(=O)c1sccc1C2=O. The van der Waals surface area contributed by atoms with Gasteiger partial charge in [-0.3, -0.25) is 14.4 Å². The molecule has 0 aliphatic heterocycles. The van der Waals surface area contributed by atoms with Gasteiger partial charge in [-0.15, -0.1) is 22.7 Å². The van der Waals surface area contributed by atoms with Gasteiger partial charge < -0.3 is 4.74 Å². The molecule has 1 atom stereocenters. The minimum Gasteiger partial charge on any atom is -0.457 e. The van der Waals surface area contributed by atoms with Crippen LogP contribution in [0.15, 0.2) is 17.5 Å². The monoisotopic (exact) mass is 306 g/mol. The van der Waals surface area contributed by atoms with Crippen LogP contribution in [0, 0.1) is 0 Å². The van der Waals surface area contributed by atoms with E-state index in [1.807, 2.05) is 0 Å². The summed E-state index contributed by atoms with van der Waals surface area (Å²) in [6.07, 6.45) is -0.457. The van der Waals surface area contributed by atoms with Crippen LogP contribution in [-0.2, 0) is 9.53 Å². The summed E-state index contributed by atoms with van der Waals surface area (Å²) in [7, 11) is 0. The lowest BCUT2D eigenvalue weighted by Gasteiger charge is -2.08. The Balaban J connectivity index is 2.04. The van der Waals surface area contributed by atoms with Gasteiger partial charge in [0, 0.05) is 22.9 Å². The first kappa shape index (κ1) is 13.2. The molecule has 0 aromatic carbocycles. The van der Waals surface area contributed by atoms with Crippen LogP contribution >= 0.6 is 22.7 Å². The zero-order valence-corrected chi connectivity index (χ0v) is 12.4. The Morgan fingerprint density at radius 2 is 1.95 bits per heavy atom. The van der Waals surface area contributed by atoms with Gasteiger partial charge >= 0.3 is 5.97 Å². The van der Waals surface area contributed by atoms with Crippen molar-refractivity contribution in [1.82, 2.24) is 0 Å². The number of thiophene rings is 2. The van der Waals surface area contributed by atoms with Gasteiger partial charge in [-0.25, -0.2) is 0 Å². The molecule has 2 heterocycles. The predicted octanol–water partition coefficient (Wildman–Crippen LogP) is 3.21. The Kier molecular flexibility index (Phi) is 3.07. The quantitative estimate of drug-likeness (QED) is 0.682. The Morgan fingerprint density at radius 1 is 1.20 bits per heavy atom. The maximum atomic E-state index is 12.3. The summed E-state index contributed by atoms with van der Waals surface area (Å²) in [4.78, 5) is 37.3. The van der Waals surface area contributed by atoms with Crippen molar-refractivity contribution in [2.24, 2.45) is 0 Å². The molecule has 2 aromatic rings. The van der Waals surface area contributed by atoms with Gasteiger partial charge in [-0.1, -0.05) is 0 Å². The minimum absolute atomic E-state index is 0.115. The van der Waals surface area contributed by atoms with E-state index in [1.165, 1.54) is 29.6 Å². The maximum Gasteiger partial charge on any atom is 0.303 e. The molecule has 0 amide bonds. The normalized spacial score (nSPS) is 14.7. The van der Waals surface area contributed by atoms with E-state index in [4.69, 9.17) is 4.74 Å². The zero-order valence-electron chi connectivity index (χ0n) is 10.8. The first-order chi connectivity index (χ1) is 9.49. The highest BCUT2D eigenvalue weighted by molar-refractivity contribution is 7.17. The van der Waals surface area contributed by atoms with Crippen LogP contribution in [-0.4, -0.2) is 17.5 Å². The molecular formula is C14H10O4S2. The minimum atomic E-state index is -0.457.